The molecule has 1 aliphatic rings. The predicted octanol–water partition coefficient (Wildman–Crippen LogP) is 5.35. The Morgan fingerprint density at radius 2 is 1.75 bits per heavy atom. The highest BCUT2D eigenvalue weighted by atomic mass is 35.5. The molecule has 4 nitrogen and oxygen atoms in total. The van der Waals surface area contributed by atoms with Crippen molar-refractivity contribution in [3.05, 3.63) is 75.0 Å². The van der Waals surface area contributed by atoms with Gasteiger partial charge in [0.2, 0.25) is 5.95 Å². The predicted molar refractivity (Wildman–Crippen MR) is 96.9 cm³/mol. The smallest absolute Gasteiger partial charge is 0.222 e. The van der Waals surface area contributed by atoms with Gasteiger partial charge in [0.1, 0.15) is 6.33 Å². The van der Waals surface area contributed by atoms with Crippen molar-refractivity contribution < 1.29 is 0 Å². The highest BCUT2D eigenvalue weighted by Crippen LogP contribution is 2.33. The Kier molecular flexibility index (Phi) is 4.04. The van der Waals surface area contributed by atoms with Crippen molar-refractivity contribution in [2.75, 3.05) is 0 Å². The first-order valence-electron chi connectivity index (χ1n) is 7.30. The van der Waals surface area contributed by atoms with E-state index >= 15 is 0 Å². The fourth-order valence-corrected chi connectivity index (χ4v) is 3.21. The largest absolute Gasteiger partial charge is 0.248 e. The van der Waals surface area contributed by atoms with Crippen molar-refractivity contribution >= 4 is 46.5 Å². The number of aliphatic imine (C=N–C) groups is 1. The van der Waals surface area contributed by atoms with Crippen LogP contribution >= 0.6 is 34.8 Å². The molecule has 1 aliphatic heterocycles. The maximum atomic E-state index is 6.15. The molecule has 1 atom stereocenters. The van der Waals surface area contributed by atoms with E-state index in [9.17, 15) is 0 Å². The van der Waals surface area contributed by atoms with Gasteiger partial charge in [0.15, 0.2) is 0 Å². The van der Waals surface area contributed by atoms with Crippen LogP contribution in [0.1, 0.15) is 23.6 Å². The van der Waals surface area contributed by atoms with Crippen LogP contribution in [0.5, 0.6) is 0 Å². The molecule has 2 heterocycles. The van der Waals surface area contributed by atoms with Gasteiger partial charge in [-0.1, -0.05) is 53.0 Å². The minimum Gasteiger partial charge on any atom is -0.222 e. The van der Waals surface area contributed by atoms with E-state index in [0.717, 1.165) is 16.8 Å². The lowest BCUT2D eigenvalue weighted by molar-refractivity contribution is 0.531. The molecule has 1 aromatic heterocycles. The fourth-order valence-electron chi connectivity index (χ4n) is 2.78. The molecule has 0 spiro atoms. The van der Waals surface area contributed by atoms with Crippen LogP contribution in [0.2, 0.25) is 15.1 Å². The molecule has 0 fully saturated rings. The lowest BCUT2D eigenvalue weighted by Gasteiger charge is -2.24. The van der Waals surface area contributed by atoms with Gasteiger partial charge in [-0.25, -0.2) is 9.67 Å². The van der Waals surface area contributed by atoms with E-state index in [2.05, 4.69) is 15.1 Å². The van der Waals surface area contributed by atoms with E-state index in [1.54, 1.807) is 6.07 Å². The summed E-state index contributed by atoms with van der Waals surface area (Å²) < 4.78 is 1.82. The highest BCUT2D eigenvalue weighted by Gasteiger charge is 2.26. The molecule has 1 unspecified atom stereocenters. The number of fused-ring (bicyclic) bond motifs is 1. The van der Waals surface area contributed by atoms with Crippen molar-refractivity contribution in [3.63, 3.8) is 0 Å². The third-order valence-electron chi connectivity index (χ3n) is 3.98. The zero-order valence-corrected chi connectivity index (χ0v) is 14.6. The molecule has 0 bridgehead atoms. The maximum Gasteiger partial charge on any atom is 0.248 e. The van der Waals surface area contributed by atoms with Crippen molar-refractivity contribution in [2.24, 2.45) is 4.99 Å². The van der Waals surface area contributed by atoms with Crippen LogP contribution in [-0.4, -0.2) is 20.5 Å². The van der Waals surface area contributed by atoms with Gasteiger partial charge in [-0.15, -0.1) is 0 Å². The first kappa shape index (κ1) is 15.6. The second kappa shape index (κ2) is 6.20. The topological polar surface area (TPSA) is 43.1 Å². The minimum atomic E-state index is 0.00159. The summed E-state index contributed by atoms with van der Waals surface area (Å²) in [5.74, 6) is 0.572. The van der Waals surface area contributed by atoms with Crippen molar-refractivity contribution in [1.29, 1.82) is 0 Å². The van der Waals surface area contributed by atoms with Gasteiger partial charge < -0.3 is 0 Å². The standard InChI is InChI=1S/C17H11Cl3N4/c18-12-4-1-10(2-5-12)16-8-15(23-17-21-9-22-24(16)17)11-3-6-13(19)14(20)7-11/h1-7,9,16H,8H2. The number of hydrogen-bond acceptors (Lipinski definition) is 3. The molecule has 0 N–H and O–H groups in total. The Balaban J connectivity index is 1.78. The van der Waals surface area contributed by atoms with Crippen LogP contribution < -0.4 is 0 Å². The third-order valence-corrected chi connectivity index (χ3v) is 4.97. The number of aromatic nitrogens is 3. The molecule has 2 aromatic carbocycles. The van der Waals surface area contributed by atoms with Crippen LogP contribution in [0.15, 0.2) is 53.8 Å². The number of hydrogen-bond donors (Lipinski definition) is 0. The molecule has 24 heavy (non-hydrogen) atoms. The summed E-state index contributed by atoms with van der Waals surface area (Å²) in [6, 6.07) is 13.3. The van der Waals surface area contributed by atoms with Gasteiger partial charge in [0.25, 0.3) is 0 Å². The summed E-state index contributed by atoms with van der Waals surface area (Å²) >= 11 is 18.2. The molecule has 0 radical (unpaired) electrons. The molecule has 120 valence electrons. The molecule has 0 amide bonds. The first-order valence-corrected chi connectivity index (χ1v) is 8.43. The molecule has 4 rings (SSSR count). The van der Waals surface area contributed by atoms with Crippen LogP contribution in [-0.2, 0) is 0 Å². The monoisotopic (exact) mass is 376 g/mol. The molecular formula is C17H11Cl3N4. The highest BCUT2D eigenvalue weighted by molar-refractivity contribution is 6.42. The minimum absolute atomic E-state index is 0.00159. The average Bonchev–Trinajstić information content (AvgIpc) is 3.06. The Hall–Kier alpha value is -1.88. The van der Waals surface area contributed by atoms with Gasteiger partial charge in [-0.2, -0.15) is 10.1 Å². The SMILES string of the molecule is Clc1ccc(C2CC(c3ccc(Cl)c(Cl)c3)=Nc3ncnn32)cc1. The van der Waals surface area contributed by atoms with Gasteiger partial charge in [-0.3, -0.25) is 0 Å². The van der Waals surface area contributed by atoms with E-state index in [4.69, 9.17) is 34.8 Å². The van der Waals surface area contributed by atoms with E-state index < -0.39 is 0 Å². The Morgan fingerprint density at radius 3 is 2.50 bits per heavy atom. The van der Waals surface area contributed by atoms with Crippen LogP contribution in [0.3, 0.4) is 0 Å². The van der Waals surface area contributed by atoms with Gasteiger partial charge >= 0.3 is 0 Å². The Morgan fingerprint density at radius 1 is 0.958 bits per heavy atom. The molecular weight excluding hydrogens is 367 g/mol. The van der Waals surface area contributed by atoms with Crippen molar-refractivity contribution in [1.82, 2.24) is 14.8 Å². The Bertz CT molecular complexity index is 931. The molecule has 3 aromatic rings. The first-order chi connectivity index (χ1) is 11.6. The fraction of sp³-hybridized carbons (Fsp3) is 0.118. The summed E-state index contributed by atoms with van der Waals surface area (Å²) in [7, 11) is 0. The molecule has 7 heteroatoms. The van der Waals surface area contributed by atoms with Crippen molar-refractivity contribution in [2.45, 2.75) is 12.5 Å². The zero-order valence-electron chi connectivity index (χ0n) is 12.3. The number of rotatable bonds is 2. The lowest BCUT2D eigenvalue weighted by Crippen LogP contribution is -2.21. The van der Waals surface area contributed by atoms with E-state index in [-0.39, 0.29) is 6.04 Å². The van der Waals surface area contributed by atoms with Gasteiger partial charge in [0.05, 0.1) is 21.8 Å². The summed E-state index contributed by atoms with van der Waals surface area (Å²) in [6.07, 6.45) is 2.19. The third kappa shape index (κ3) is 2.81. The van der Waals surface area contributed by atoms with Crippen LogP contribution in [0.4, 0.5) is 5.95 Å². The summed E-state index contributed by atoms with van der Waals surface area (Å²) in [4.78, 5) is 8.86. The molecule has 0 saturated carbocycles. The lowest BCUT2D eigenvalue weighted by atomic mass is 9.96. The van der Waals surface area contributed by atoms with E-state index in [1.165, 1.54) is 6.33 Å². The average molecular weight is 378 g/mol. The summed E-state index contributed by atoms with van der Waals surface area (Å²) in [5, 5.41) is 6.04. The zero-order chi connectivity index (χ0) is 16.7. The Labute approximate surface area is 153 Å². The summed E-state index contributed by atoms with van der Waals surface area (Å²) in [5.41, 5.74) is 2.92. The van der Waals surface area contributed by atoms with Crippen molar-refractivity contribution in [3.8, 4) is 0 Å². The van der Waals surface area contributed by atoms with Crippen LogP contribution in [0.25, 0.3) is 0 Å². The molecule has 0 saturated heterocycles. The number of halogens is 3. The van der Waals surface area contributed by atoms with E-state index in [0.29, 0.717) is 27.4 Å². The number of nitrogens with zero attached hydrogens (tertiary/aromatic N) is 4. The molecule has 0 aliphatic carbocycles. The van der Waals surface area contributed by atoms with E-state index in [1.807, 2.05) is 41.1 Å². The second-order valence-corrected chi connectivity index (χ2v) is 6.71. The van der Waals surface area contributed by atoms with Gasteiger partial charge in [-0.05, 0) is 35.4 Å². The maximum absolute atomic E-state index is 6.15. The quantitative estimate of drug-likeness (QED) is 0.604. The van der Waals surface area contributed by atoms with Gasteiger partial charge in [0, 0.05) is 11.4 Å². The second-order valence-electron chi connectivity index (χ2n) is 5.46. The van der Waals surface area contributed by atoms with Crippen LogP contribution in [0, 0.1) is 0 Å². The normalized spacial score (nSPS) is 16.6. The number of benzene rings is 2. The summed E-state index contributed by atoms with van der Waals surface area (Å²) in [6.45, 7) is 0.